The van der Waals surface area contributed by atoms with Gasteiger partial charge in [0, 0.05) is 19.8 Å². The number of fused-ring (bicyclic) bond motifs is 1. The fourth-order valence-electron chi connectivity index (χ4n) is 3.52. The molecule has 2 aromatic carbocycles. The third kappa shape index (κ3) is 3.36. The molecule has 1 aliphatic heterocycles. The fraction of sp³-hybridized carbons (Fsp3) is 0.190. The molecule has 0 aliphatic carbocycles. The van der Waals surface area contributed by atoms with Gasteiger partial charge < -0.3 is 14.6 Å². The van der Waals surface area contributed by atoms with Gasteiger partial charge in [0.05, 0.1) is 18.5 Å². The van der Waals surface area contributed by atoms with Crippen molar-refractivity contribution >= 4 is 27.3 Å². The number of ether oxygens (including phenoxy) is 1. The number of aryl methyl sites for hydroxylation is 1. The van der Waals surface area contributed by atoms with Gasteiger partial charge in [0.2, 0.25) is 0 Å². The molecule has 8 heteroatoms. The molecule has 7 nitrogen and oxygen atoms in total. The average Bonchev–Trinajstić information content (AvgIpc) is 3.33. The van der Waals surface area contributed by atoms with Crippen LogP contribution in [0.1, 0.15) is 16.1 Å². The minimum Gasteiger partial charge on any atom is -0.495 e. The van der Waals surface area contributed by atoms with Crippen LogP contribution >= 0.6 is 0 Å². The number of anilines is 2. The molecule has 0 atom stereocenters. The Morgan fingerprint density at radius 1 is 1.10 bits per heavy atom. The molecule has 0 saturated carbocycles. The Morgan fingerprint density at radius 2 is 1.83 bits per heavy atom. The summed E-state index contributed by atoms with van der Waals surface area (Å²) in [5, 5.41) is 2.78. The predicted molar refractivity (Wildman–Crippen MR) is 111 cm³/mol. The van der Waals surface area contributed by atoms with Crippen LogP contribution in [0.5, 0.6) is 5.75 Å². The molecule has 1 aliphatic rings. The number of carbonyl (C=O) groups is 1. The number of nitrogens with zero attached hydrogens (tertiary/aromatic N) is 2. The van der Waals surface area contributed by atoms with Crippen molar-refractivity contribution in [3.63, 3.8) is 0 Å². The van der Waals surface area contributed by atoms with Crippen LogP contribution in [0, 0.1) is 0 Å². The summed E-state index contributed by atoms with van der Waals surface area (Å²) in [5.74, 6) is 0.108. The van der Waals surface area contributed by atoms with E-state index in [-0.39, 0.29) is 10.6 Å². The molecule has 1 amide bonds. The maximum Gasteiger partial charge on any atom is 0.272 e. The van der Waals surface area contributed by atoms with Crippen molar-refractivity contribution in [2.75, 3.05) is 23.3 Å². The number of hydrogen-bond donors (Lipinski definition) is 1. The summed E-state index contributed by atoms with van der Waals surface area (Å²) in [4.78, 5) is 12.9. The molecule has 1 N–H and O–H groups in total. The quantitative estimate of drug-likeness (QED) is 0.700. The highest BCUT2D eigenvalue weighted by atomic mass is 32.2. The molecular formula is C21H21N3O4S. The van der Waals surface area contributed by atoms with Crippen molar-refractivity contribution < 1.29 is 17.9 Å². The van der Waals surface area contributed by atoms with E-state index in [9.17, 15) is 13.2 Å². The number of carbonyl (C=O) groups excluding carboxylic acids is 1. The summed E-state index contributed by atoms with van der Waals surface area (Å²) in [5.41, 5.74) is 2.44. The number of para-hydroxylation sites is 3. The van der Waals surface area contributed by atoms with Gasteiger partial charge in [0.15, 0.2) is 0 Å². The van der Waals surface area contributed by atoms with Gasteiger partial charge in [-0.3, -0.25) is 9.10 Å². The van der Waals surface area contributed by atoms with E-state index in [1.165, 1.54) is 28.2 Å². The van der Waals surface area contributed by atoms with Gasteiger partial charge >= 0.3 is 0 Å². The maximum atomic E-state index is 13.2. The molecular weight excluding hydrogens is 390 g/mol. The lowest BCUT2D eigenvalue weighted by Crippen LogP contribution is -2.28. The van der Waals surface area contributed by atoms with Crippen molar-refractivity contribution in [2.45, 2.75) is 11.3 Å². The first-order chi connectivity index (χ1) is 13.9. The highest BCUT2D eigenvalue weighted by molar-refractivity contribution is 7.92. The largest absolute Gasteiger partial charge is 0.495 e. The van der Waals surface area contributed by atoms with Crippen molar-refractivity contribution in [3.8, 4) is 5.75 Å². The number of aromatic nitrogens is 1. The van der Waals surface area contributed by atoms with Crippen LogP contribution < -0.4 is 14.4 Å². The zero-order valence-electron chi connectivity index (χ0n) is 16.1. The smallest absolute Gasteiger partial charge is 0.272 e. The number of sulfonamides is 1. The molecule has 0 saturated heterocycles. The van der Waals surface area contributed by atoms with Crippen LogP contribution in [-0.4, -0.2) is 32.5 Å². The van der Waals surface area contributed by atoms with Crippen LogP contribution in [0.25, 0.3) is 0 Å². The third-order valence-corrected chi connectivity index (χ3v) is 6.78. The molecule has 0 unspecified atom stereocenters. The van der Waals surface area contributed by atoms with E-state index in [0.29, 0.717) is 30.1 Å². The van der Waals surface area contributed by atoms with Gasteiger partial charge in [-0.1, -0.05) is 30.3 Å². The average molecular weight is 411 g/mol. The number of amides is 1. The summed E-state index contributed by atoms with van der Waals surface area (Å²) >= 11 is 0. The molecule has 150 valence electrons. The lowest BCUT2D eigenvalue weighted by molar-refractivity contribution is 0.101. The first-order valence-corrected chi connectivity index (χ1v) is 10.6. The highest BCUT2D eigenvalue weighted by Crippen LogP contribution is 2.33. The van der Waals surface area contributed by atoms with Crippen LogP contribution in [0.15, 0.2) is 65.7 Å². The molecule has 0 fully saturated rings. The van der Waals surface area contributed by atoms with Crippen molar-refractivity contribution in [1.29, 1.82) is 0 Å². The summed E-state index contributed by atoms with van der Waals surface area (Å²) in [6.07, 6.45) is 2.14. The molecule has 3 aromatic rings. The lowest BCUT2D eigenvalue weighted by atomic mass is 10.2. The maximum absolute atomic E-state index is 13.2. The molecule has 0 bridgehead atoms. The van der Waals surface area contributed by atoms with E-state index < -0.39 is 15.9 Å². The second-order valence-corrected chi connectivity index (χ2v) is 8.64. The van der Waals surface area contributed by atoms with Gasteiger partial charge in [-0.05, 0) is 36.2 Å². The van der Waals surface area contributed by atoms with Gasteiger partial charge in [0.25, 0.3) is 15.9 Å². The van der Waals surface area contributed by atoms with Gasteiger partial charge in [0.1, 0.15) is 16.3 Å². The lowest BCUT2D eigenvalue weighted by Gasteiger charge is -2.18. The Balaban J connectivity index is 1.63. The number of nitrogens with one attached hydrogen (secondary N) is 1. The Hall–Kier alpha value is -3.26. The minimum atomic E-state index is -3.77. The number of hydrogen-bond acceptors (Lipinski definition) is 4. The minimum absolute atomic E-state index is 0.0851. The molecule has 29 heavy (non-hydrogen) atoms. The van der Waals surface area contributed by atoms with Gasteiger partial charge in [-0.2, -0.15) is 0 Å². The fourth-order valence-corrected chi connectivity index (χ4v) is 5.10. The Kier molecular flexibility index (Phi) is 4.79. The molecule has 1 aromatic heterocycles. The topological polar surface area (TPSA) is 80.6 Å². The van der Waals surface area contributed by atoms with Gasteiger partial charge in [-0.15, -0.1) is 0 Å². The van der Waals surface area contributed by atoms with Gasteiger partial charge in [-0.25, -0.2) is 8.42 Å². The first kappa shape index (κ1) is 19.1. The van der Waals surface area contributed by atoms with E-state index in [0.717, 1.165) is 5.56 Å². The van der Waals surface area contributed by atoms with Crippen LogP contribution in [-0.2, 0) is 23.5 Å². The summed E-state index contributed by atoms with van der Waals surface area (Å²) in [6, 6.07) is 15.9. The van der Waals surface area contributed by atoms with Crippen molar-refractivity contribution in [3.05, 3.63) is 72.1 Å². The van der Waals surface area contributed by atoms with Crippen LogP contribution in [0.3, 0.4) is 0 Å². The SMILES string of the molecule is COc1ccccc1NC(=O)c1cc(S(=O)(=O)N2CCc3ccccc32)cn1C. The second kappa shape index (κ2) is 7.29. The van der Waals surface area contributed by atoms with E-state index in [2.05, 4.69) is 5.32 Å². The number of methoxy groups -OCH3 is 1. The normalized spacial score (nSPS) is 13.2. The molecule has 4 rings (SSSR count). The zero-order valence-corrected chi connectivity index (χ0v) is 16.9. The Bertz CT molecular complexity index is 1180. The van der Waals surface area contributed by atoms with Crippen molar-refractivity contribution in [1.82, 2.24) is 4.57 Å². The third-order valence-electron chi connectivity index (χ3n) is 5.00. The van der Waals surface area contributed by atoms with Crippen molar-refractivity contribution in [2.24, 2.45) is 7.05 Å². The molecule has 0 radical (unpaired) electrons. The highest BCUT2D eigenvalue weighted by Gasteiger charge is 2.32. The predicted octanol–water partition coefficient (Wildman–Crippen LogP) is 3.04. The first-order valence-electron chi connectivity index (χ1n) is 9.13. The van der Waals surface area contributed by atoms with Crippen LogP contribution in [0.2, 0.25) is 0 Å². The molecule has 0 spiro atoms. The Morgan fingerprint density at radius 3 is 2.62 bits per heavy atom. The van der Waals surface area contributed by atoms with Crippen LogP contribution in [0.4, 0.5) is 11.4 Å². The monoisotopic (exact) mass is 411 g/mol. The number of benzene rings is 2. The van der Waals surface area contributed by atoms with E-state index in [1.54, 1.807) is 37.4 Å². The molecule has 2 heterocycles. The second-order valence-electron chi connectivity index (χ2n) is 6.78. The number of rotatable bonds is 5. The van der Waals surface area contributed by atoms with E-state index in [1.807, 2.05) is 18.2 Å². The summed E-state index contributed by atoms with van der Waals surface area (Å²) < 4.78 is 34.6. The summed E-state index contributed by atoms with van der Waals surface area (Å²) in [7, 11) is -0.598. The Labute approximate surface area is 169 Å². The standard InChI is InChI=1S/C21H21N3O4S/c1-23-14-16(29(26,27)24-12-11-15-7-3-5-9-18(15)24)13-19(23)21(25)22-17-8-4-6-10-20(17)28-2/h3-10,13-14H,11-12H2,1-2H3,(H,22,25). The van der Waals surface area contributed by atoms with E-state index >= 15 is 0 Å². The van der Waals surface area contributed by atoms with E-state index in [4.69, 9.17) is 4.74 Å². The summed E-state index contributed by atoms with van der Waals surface area (Å²) in [6.45, 7) is 0.388. The zero-order chi connectivity index (χ0) is 20.6.